The van der Waals surface area contributed by atoms with E-state index in [4.69, 9.17) is 9.47 Å². The van der Waals surface area contributed by atoms with E-state index in [1.54, 1.807) is 18.3 Å². The third-order valence-electron chi connectivity index (χ3n) is 9.24. The summed E-state index contributed by atoms with van der Waals surface area (Å²) in [4.78, 5) is 33.3. The Labute approximate surface area is 258 Å². The number of nitrogens with zero attached hydrogens (tertiary/aromatic N) is 3. The molecule has 1 saturated heterocycles. The zero-order valence-electron chi connectivity index (χ0n) is 25.0. The first-order chi connectivity index (χ1) is 21.5. The van der Waals surface area contributed by atoms with Gasteiger partial charge in [0.05, 0.1) is 17.5 Å². The summed E-state index contributed by atoms with van der Waals surface area (Å²) in [6.07, 6.45) is -0.495. The number of anilines is 1. The van der Waals surface area contributed by atoms with Gasteiger partial charge in [-0.3, -0.25) is 14.5 Å². The molecule has 0 radical (unpaired) electrons. The summed E-state index contributed by atoms with van der Waals surface area (Å²) in [5.74, 6) is 1.54. The number of benzene rings is 2. The van der Waals surface area contributed by atoms with E-state index >= 15 is 0 Å². The number of carbonyl (C=O) groups excluding carboxylic acids is 2. The fourth-order valence-corrected chi connectivity index (χ4v) is 6.75. The summed E-state index contributed by atoms with van der Waals surface area (Å²) in [6, 6.07) is 11.0. The number of amides is 2. The van der Waals surface area contributed by atoms with Crippen LogP contribution in [-0.4, -0.2) is 72.0 Å². The van der Waals surface area contributed by atoms with Gasteiger partial charge in [0.25, 0.3) is 5.91 Å². The summed E-state index contributed by atoms with van der Waals surface area (Å²) in [5.41, 5.74) is 1.04. The minimum Gasteiger partial charge on any atom is -0.487 e. The van der Waals surface area contributed by atoms with Gasteiger partial charge in [-0.2, -0.15) is 13.2 Å². The molecule has 1 aromatic heterocycles. The van der Waals surface area contributed by atoms with Crippen LogP contribution >= 0.6 is 0 Å². The molecular formula is C33H34F3N5O4. The second-order valence-electron chi connectivity index (χ2n) is 12.5. The van der Waals surface area contributed by atoms with Crippen molar-refractivity contribution in [2.24, 2.45) is 0 Å². The number of fused-ring (bicyclic) bond motifs is 4. The first-order valence-corrected chi connectivity index (χ1v) is 15.2. The molecule has 1 aliphatic carbocycles. The van der Waals surface area contributed by atoms with Gasteiger partial charge in [0.15, 0.2) is 0 Å². The molecule has 0 unspecified atom stereocenters. The smallest absolute Gasteiger partial charge is 0.416 e. The van der Waals surface area contributed by atoms with Crippen LogP contribution in [0, 0.1) is 0 Å². The number of likely N-dealkylation sites (N-methyl/N-ethyl adjacent to an activating group) is 1. The second kappa shape index (κ2) is 11.3. The first kappa shape index (κ1) is 29.5. The molecule has 4 heterocycles. The Morgan fingerprint density at radius 1 is 1.18 bits per heavy atom. The lowest BCUT2D eigenvalue weighted by Crippen LogP contribution is -2.44. The van der Waals surface area contributed by atoms with Crippen molar-refractivity contribution in [2.45, 2.75) is 62.5 Å². The van der Waals surface area contributed by atoms with Crippen molar-refractivity contribution < 1.29 is 32.2 Å². The standard InChI is InChI=1S/C33H34F3N5O4/c1-40(2)20-4-3-13-41(17-20)16-19-6-5-18(14-24(19)33(34,35)36)32(43)39-29-28-23-15-21(7-9-25(23)45-30(28)29)44-26-11-12-37-31-22(26)8-10-27(42)38-31/h5-7,9,11-12,14-15,20,28-30H,3-4,8,10,13,16-17H2,1-2H3,(H,39,43)(H,37,38,42)/t20-,28-,29-,30-/m0/s1. The van der Waals surface area contributed by atoms with Crippen LogP contribution in [0.1, 0.15) is 57.8 Å². The molecule has 0 bridgehead atoms. The number of hydrogen-bond acceptors (Lipinski definition) is 7. The van der Waals surface area contributed by atoms with Crippen molar-refractivity contribution in [3.8, 4) is 17.2 Å². The van der Waals surface area contributed by atoms with Crippen LogP contribution < -0.4 is 20.1 Å². The molecule has 2 N–H and O–H groups in total. The van der Waals surface area contributed by atoms with Crippen LogP contribution in [0.2, 0.25) is 0 Å². The zero-order chi connectivity index (χ0) is 31.5. The van der Waals surface area contributed by atoms with Gasteiger partial charge in [-0.15, -0.1) is 0 Å². The number of alkyl halides is 3. The van der Waals surface area contributed by atoms with Crippen molar-refractivity contribution in [3.05, 3.63) is 76.5 Å². The molecule has 7 rings (SSSR count). The van der Waals surface area contributed by atoms with Gasteiger partial charge in [-0.25, -0.2) is 4.98 Å². The lowest BCUT2D eigenvalue weighted by molar-refractivity contribution is -0.138. The minimum absolute atomic E-state index is 0.0345. The van der Waals surface area contributed by atoms with Crippen molar-refractivity contribution in [1.29, 1.82) is 0 Å². The molecule has 2 amide bonds. The Bertz CT molecular complexity index is 1660. The Morgan fingerprint density at radius 2 is 2.02 bits per heavy atom. The van der Waals surface area contributed by atoms with E-state index < -0.39 is 17.6 Å². The average Bonchev–Trinajstić information content (AvgIpc) is 3.52. The number of pyridine rings is 1. The van der Waals surface area contributed by atoms with E-state index in [1.807, 2.05) is 26.2 Å². The van der Waals surface area contributed by atoms with Gasteiger partial charge in [0.1, 0.15) is 29.2 Å². The largest absolute Gasteiger partial charge is 0.487 e. The van der Waals surface area contributed by atoms with E-state index in [0.717, 1.165) is 36.6 Å². The van der Waals surface area contributed by atoms with Crippen LogP contribution in [-0.2, 0) is 23.9 Å². The second-order valence-corrected chi connectivity index (χ2v) is 12.5. The lowest BCUT2D eigenvalue weighted by Gasteiger charge is -2.36. The molecule has 9 nitrogen and oxygen atoms in total. The Kier molecular flexibility index (Phi) is 7.44. The van der Waals surface area contributed by atoms with Crippen LogP contribution in [0.25, 0.3) is 0 Å². The third kappa shape index (κ3) is 5.84. The quantitative estimate of drug-likeness (QED) is 0.385. The van der Waals surface area contributed by atoms with E-state index in [1.165, 1.54) is 12.1 Å². The molecule has 236 valence electrons. The van der Waals surface area contributed by atoms with Crippen LogP contribution in [0.15, 0.2) is 48.7 Å². The van der Waals surface area contributed by atoms with Crippen molar-refractivity contribution in [3.63, 3.8) is 0 Å². The number of halogens is 3. The van der Waals surface area contributed by atoms with E-state index in [-0.39, 0.29) is 41.6 Å². The Balaban J connectivity index is 1.04. The number of likely N-dealkylation sites (tertiary alicyclic amines) is 1. The highest BCUT2D eigenvalue weighted by atomic mass is 19.4. The van der Waals surface area contributed by atoms with Gasteiger partial charge in [-0.1, -0.05) is 6.07 Å². The molecule has 0 spiro atoms. The molecule has 1 saturated carbocycles. The highest BCUT2D eigenvalue weighted by molar-refractivity contribution is 5.95. The SMILES string of the molecule is CN(C)[C@H]1CCCN(Cc2ccc(C(=O)N[C@@H]3[C@H]4Oc5ccc(Oc6ccnc7c6CCC(=O)N7)cc5[C@@H]34)cc2C(F)(F)F)C1. The van der Waals surface area contributed by atoms with Gasteiger partial charge < -0.3 is 25.0 Å². The normalized spacial score (nSPS) is 23.8. The van der Waals surface area contributed by atoms with E-state index in [9.17, 15) is 22.8 Å². The number of aromatic nitrogens is 1. The molecular weight excluding hydrogens is 587 g/mol. The average molecular weight is 622 g/mol. The fraction of sp³-hybridized carbons (Fsp3) is 0.424. The monoisotopic (exact) mass is 621 g/mol. The number of piperidine rings is 1. The van der Waals surface area contributed by atoms with Crippen molar-refractivity contribution in [2.75, 3.05) is 32.5 Å². The van der Waals surface area contributed by atoms with Crippen LogP contribution in [0.3, 0.4) is 0 Å². The third-order valence-corrected chi connectivity index (χ3v) is 9.24. The molecule has 2 aromatic carbocycles. The molecule has 12 heteroatoms. The molecule has 45 heavy (non-hydrogen) atoms. The van der Waals surface area contributed by atoms with E-state index in [0.29, 0.717) is 48.5 Å². The van der Waals surface area contributed by atoms with Gasteiger partial charge >= 0.3 is 6.18 Å². The Morgan fingerprint density at radius 3 is 2.82 bits per heavy atom. The highest BCUT2D eigenvalue weighted by Crippen LogP contribution is 2.54. The topological polar surface area (TPSA) is 96.0 Å². The predicted octanol–water partition coefficient (Wildman–Crippen LogP) is 4.96. The summed E-state index contributed by atoms with van der Waals surface area (Å²) >= 11 is 0. The summed E-state index contributed by atoms with van der Waals surface area (Å²) in [5, 5.41) is 5.65. The summed E-state index contributed by atoms with van der Waals surface area (Å²) in [7, 11) is 3.98. The number of carbonyl (C=O) groups is 2. The molecule has 2 fully saturated rings. The zero-order valence-corrected chi connectivity index (χ0v) is 25.0. The molecule has 4 aliphatic rings. The fourth-order valence-electron chi connectivity index (χ4n) is 6.75. The molecule has 4 atom stereocenters. The number of rotatable bonds is 7. The summed E-state index contributed by atoms with van der Waals surface area (Å²) < 4.78 is 54.7. The molecule has 3 aliphatic heterocycles. The maximum Gasteiger partial charge on any atom is 0.416 e. The van der Waals surface area contributed by atoms with Crippen molar-refractivity contribution in [1.82, 2.24) is 20.1 Å². The minimum atomic E-state index is -4.59. The van der Waals surface area contributed by atoms with Gasteiger partial charge in [-0.05, 0) is 81.9 Å². The maximum absolute atomic E-state index is 14.2. The van der Waals surface area contributed by atoms with E-state index in [2.05, 4.69) is 25.4 Å². The van der Waals surface area contributed by atoms with Crippen LogP contribution in [0.5, 0.6) is 17.2 Å². The molecule has 3 aromatic rings. The van der Waals surface area contributed by atoms with Gasteiger partial charge in [0, 0.05) is 48.4 Å². The summed E-state index contributed by atoms with van der Waals surface area (Å²) in [6.45, 7) is 1.62. The predicted molar refractivity (Wildman–Crippen MR) is 160 cm³/mol. The number of nitrogens with one attached hydrogen (secondary N) is 2. The van der Waals surface area contributed by atoms with Crippen LogP contribution in [0.4, 0.5) is 19.0 Å². The Hall–Kier alpha value is -4.16. The highest BCUT2D eigenvalue weighted by Gasteiger charge is 2.59. The van der Waals surface area contributed by atoms with Crippen molar-refractivity contribution >= 4 is 17.6 Å². The first-order valence-electron chi connectivity index (χ1n) is 15.2. The maximum atomic E-state index is 14.2. The lowest BCUT2D eigenvalue weighted by atomic mass is 10.00. The van der Waals surface area contributed by atoms with Gasteiger partial charge in [0.2, 0.25) is 5.91 Å². The number of hydrogen-bond donors (Lipinski definition) is 2. The number of ether oxygens (including phenoxy) is 2.